The van der Waals surface area contributed by atoms with Crippen LogP contribution in [-0.4, -0.2) is 22.8 Å². The second-order valence-corrected chi connectivity index (χ2v) is 5.37. The lowest BCUT2D eigenvalue weighted by molar-refractivity contribution is 0.102. The van der Waals surface area contributed by atoms with Crippen LogP contribution in [0.25, 0.3) is 5.69 Å². The molecule has 5 nitrogen and oxygen atoms in total. The van der Waals surface area contributed by atoms with Crippen LogP contribution in [-0.2, 0) is 0 Å². The van der Waals surface area contributed by atoms with E-state index in [0.717, 1.165) is 0 Å². The Morgan fingerprint density at radius 3 is 2.83 bits per heavy atom. The molecule has 0 bridgehead atoms. The molecule has 1 heterocycles. The Bertz CT molecular complexity index is 895. The molecular weight excluding hydrogens is 333 g/mol. The fourth-order valence-corrected chi connectivity index (χ4v) is 2.39. The average molecular weight is 346 g/mol. The number of rotatable bonds is 4. The number of amides is 1. The molecule has 1 N–H and O–H groups in total. The van der Waals surface area contributed by atoms with Gasteiger partial charge in [0, 0.05) is 24.0 Å². The molecule has 0 fully saturated rings. The number of ether oxygens (including phenoxy) is 1. The second-order valence-electron chi connectivity index (χ2n) is 4.96. The number of nitrogens with one attached hydrogen (secondary N) is 1. The van der Waals surface area contributed by atoms with Crippen molar-refractivity contribution in [3.63, 3.8) is 0 Å². The van der Waals surface area contributed by atoms with Gasteiger partial charge in [0.25, 0.3) is 5.91 Å². The van der Waals surface area contributed by atoms with E-state index in [1.807, 2.05) is 6.07 Å². The van der Waals surface area contributed by atoms with Crippen LogP contribution < -0.4 is 10.1 Å². The SMILES string of the molecule is COc1cc(F)cc(NC(=O)c2cnn(-c3ccccc3Cl)c2)c1. The third-order valence-corrected chi connectivity index (χ3v) is 3.63. The molecule has 0 aliphatic rings. The summed E-state index contributed by atoms with van der Waals surface area (Å²) in [5.41, 5.74) is 1.27. The molecule has 0 radical (unpaired) electrons. The lowest BCUT2D eigenvalue weighted by Gasteiger charge is -2.06. The highest BCUT2D eigenvalue weighted by atomic mass is 35.5. The van der Waals surface area contributed by atoms with Crippen molar-refractivity contribution in [3.05, 3.63) is 71.3 Å². The predicted molar refractivity (Wildman–Crippen MR) is 89.5 cm³/mol. The quantitative estimate of drug-likeness (QED) is 0.779. The number of carbonyl (C=O) groups is 1. The molecule has 0 spiro atoms. The van der Waals surface area contributed by atoms with Crippen LogP contribution in [0.1, 0.15) is 10.4 Å². The first-order chi connectivity index (χ1) is 11.6. The Morgan fingerprint density at radius 2 is 2.08 bits per heavy atom. The third-order valence-electron chi connectivity index (χ3n) is 3.31. The first kappa shape index (κ1) is 16.0. The van der Waals surface area contributed by atoms with Gasteiger partial charge in [-0.05, 0) is 18.2 Å². The molecule has 1 amide bonds. The van der Waals surface area contributed by atoms with E-state index >= 15 is 0 Å². The molecule has 0 unspecified atom stereocenters. The van der Waals surface area contributed by atoms with Gasteiger partial charge in [0.05, 0.1) is 29.6 Å². The van der Waals surface area contributed by atoms with E-state index in [1.54, 1.807) is 24.4 Å². The van der Waals surface area contributed by atoms with Crippen LogP contribution >= 0.6 is 11.6 Å². The standard InChI is InChI=1S/C17H13ClFN3O2/c1-24-14-7-12(19)6-13(8-14)21-17(23)11-9-20-22(10-11)16-5-3-2-4-15(16)18/h2-10H,1H3,(H,21,23). The maximum Gasteiger partial charge on any atom is 0.258 e. The highest BCUT2D eigenvalue weighted by molar-refractivity contribution is 6.32. The van der Waals surface area contributed by atoms with Crippen LogP contribution in [0.15, 0.2) is 54.9 Å². The number of anilines is 1. The molecule has 3 rings (SSSR count). The van der Waals surface area contributed by atoms with E-state index in [2.05, 4.69) is 10.4 Å². The van der Waals surface area contributed by atoms with E-state index in [1.165, 1.54) is 36.2 Å². The Kier molecular flexibility index (Phi) is 4.48. The molecule has 3 aromatic rings. The van der Waals surface area contributed by atoms with Gasteiger partial charge in [0.1, 0.15) is 11.6 Å². The maximum atomic E-state index is 13.5. The first-order valence-corrected chi connectivity index (χ1v) is 7.40. The number of nitrogens with zero attached hydrogens (tertiary/aromatic N) is 2. The van der Waals surface area contributed by atoms with Crippen molar-refractivity contribution in [2.75, 3.05) is 12.4 Å². The van der Waals surface area contributed by atoms with Crippen molar-refractivity contribution in [2.24, 2.45) is 0 Å². The van der Waals surface area contributed by atoms with Crippen LogP contribution in [0.3, 0.4) is 0 Å². The Hall–Kier alpha value is -2.86. The number of hydrogen-bond donors (Lipinski definition) is 1. The fourth-order valence-electron chi connectivity index (χ4n) is 2.17. The lowest BCUT2D eigenvalue weighted by atomic mass is 10.2. The number of hydrogen-bond acceptors (Lipinski definition) is 3. The van der Waals surface area contributed by atoms with E-state index in [-0.39, 0.29) is 0 Å². The van der Waals surface area contributed by atoms with Gasteiger partial charge in [-0.1, -0.05) is 23.7 Å². The number of benzene rings is 2. The van der Waals surface area contributed by atoms with Crippen molar-refractivity contribution < 1.29 is 13.9 Å². The van der Waals surface area contributed by atoms with E-state index in [9.17, 15) is 9.18 Å². The highest BCUT2D eigenvalue weighted by Gasteiger charge is 2.12. The molecular formula is C17H13ClFN3O2. The summed E-state index contributed by atoms with van der Waals surface area (Å²) in [5.74, 6) is -0.602. The van der Waals surface area contributed by atoms with Crippen molar-refractivity contribution in [1.82, 2.24) is 9.78 Å². The maximum absolute atomic E-state index is 13.5. The van der Waals surface area contributed by atoms with E-state index < -0.39 is 11.7 Å². The molecule has 0 aliphatic heterocycles. The number of para-hydroxylation sites is 1. The van der Waals surface area contributed by atoms with Gasteiger partial charge in [-0.3, -0.25) is 4.79 Å². The summed E-state index contributed by atoms with van der Waals surface area (Å²) in [7, 11) is 1.42. The van der Waals surface area contributed by atoms with Gasteiger partial charge in [0.2, 0.25) is 0 Å². The highest BCUT2D eigenvalue weighted by Crippen LogP contribution is 2.22. The van der Waals surface area contributed by atoms with E-state index in [0.29, 0.717) is 27.7 Å². The van der Waals surface area contributed by atoms with Gasteiger partial charge in [-0.2, -0.15) is 5.10 Å². The van der Waals surface area contributed by atoms with Gasteiger partial charge >= 0.3 is 0 Å². The molecule has 7 heteroatoms. The molecule has 0 saturated carbocycles. The third kappa shape index (κ3) is 3.38. The lowest BCUT2D eigenvalue weighted by Crippen LogP contribution is -2.11. The topological polar surface area (TPSA) is 56.1 Å². The molecule has 0 atom stereocenters. The smallest absolute Gasteiger partial charge is 0.258 e. The Balaban J connectivity index is 1.82. The molecule has 2 aromatic carbocycles. The monoisotopic (exact) mass is 345 g/mol. The minimum absolute atomic E-state index is 0.294. The van der Waals surface area contributed by atoms with Crippen LogP contribution in [0, 0.1) is 5.82 Å². The van der Waals surface area contributed by atoms with Crippen molar-refractivity contribution in [3.8, 4) is 11.4 Å². The number of methoxy groups -OCH3 is 1. The molecule has 122 valence electrons. The van der Waals surface area contributed by atoms with Crippen LogP contribution in [0.4, 0.5) is 10.1 Å². The normalized spacial score (nSPS) is 10.5. The minimum atomic E-state index is -0.503. The first-order valence-electron chi connectivity index (χ1n) is 7.02. The predicted octanol–water partition coefficient (Wildman–Crippen LogP) is 3.93. The molecule has 1 aromatic heterocycles. The largest absolute Gasteiger partial charge is 0.497 e. The molecule has 0 aliphatic carbocycles. The zero-order chi connectivity index (χ0) is 17.1. The molecule has 24 heavy (non-hydrogen) atoms. The summed E-state index contributed by atoms with van der Waals surface area (Å²) in [4.78, 5) is 12.3. The summed E-state index contributed by atoms with van der Waals surface area (Å²) in [6.45, 7) is 0. The average Bonchev–Trinajstić information content (AvgIpc) is 3.04. The summed E-state index contributed by atoms with van der Waals surface area (Å²) in [5, 5.41) is 7.26. The summed E-state index contributed by atoms with van der Waals surface area (Å²) < 4.78 is 20.0. The number of halogens is 2. The van der Waals surface area contributed by atoms with Crippen LogP contribution in [0.2, 0.25) is 5.02 Å². The Morgan fingerprint density at radius 1 is 1.29 bits per heavy atom. The zero-order valence-corrected chi connectivity index (χ0v) is 13.4. The van der Waals surface area contributed by atoms with Gasteiger partial charge < -0.3 is 10.1 Å². The zero-order valence-electron chi connectivity index (χ0n) is 12.7. The number of carbonyl (C=O) groups excluding carboxylic acids is 1. The number of aromatic nitrogens is 2. The van der Waals surface area contributed by atoms with Crippen LogP contribution in [0.5, 0.6) is 5.75 Å². The second kappa shape index (κ2) is 6.72. The summed E-state index contributed by atoms with van der Waals surface area (Å²) in [6.07, 6.45) is 2.96. The van der Waals surface area contributed by atoms with Gasteiger partial charge in [-0.25, -0.2) is 9.07 Å². The summed E-state index contributed by atoms with van der Waals surface area (Å²) >= 11 is 6.11. The van der Waals surface area contributed by atoms with Gasteiger partial charge in [-0.15, -0.1) is 0 Å². The summed E-state index contributed by atoms with van der Waals surface area (Å²) in [6, 6.07) is 11.1. The van der Waals surface area contributed by atoms with Crippen molar-refractivity contribution in [2.45, 2.75) is 0 Å². The van der Waals surface area contributed by atoms with E-state index in [4.69, 9.17) is 16.3 Å². The Labute approximate surface area is 142 Å². The van der Waals surface area contributed by atoms with Crippen molar-refractivity contribution >= 4 is 23.2 Å². The fraction of sp³-hybridized carbons (Fsp3) is 0.0588. The van der Waals surface area contributed by atoms with Crippen molar-refractivity contribution in [1.29, 1.82) is 0 Å². The van der Waals surface area contributed by atoms with Gasteiger partial charge in [0.15, 0.2) is 0 Å². The minimum Gasteiger partial charge on any atom is -0.497 e. The molecule has 0 saturated heterocycles.